The number of piperidine rings is 2. The maximum Gasteiger partial charge on any atom is 0.248 e. The molecule has 1 aliphatic carbocycles. The molecule has 0 unspecified atom stereocenters. The van der Waals surface area contributed by atoms with E-state index >= 15 is 0 Å². The van der Waals surface area contributed by atoms with Crippen LogP contribution in [0.2, 0.25) is 0 Å². The van der Waals surface area contributed by atoms with Crippen LogP contribution in [0.4, 0.5) is 0 Å². The summed E-state index contributed by atoms with van der Waals surface area (Å²) < 4.78 is 5.65. The molecular formula is C27H31N3O3. The van der Waals surface area contributed by atoms with Crippen LogP contribution in [0.25, 0.3) is 0 Å². The number of amides is 2. The highest BCUT2D eigenvalue weighted by Crippen LogP contribution is 2.57. The van der Waals surface area contributed by atoms with E-state index in [-0.39, 0.29) is 35.6 Å². The van der Waals surface area contributed by atoms with Crippen LogP contribution in [0.1, 0.15) is 36.3 Å². The lowest BCUT2D eigenvalue weighted by molar-refractivity contribution is -0.151. The summed E-state index contributed by atoms with van der Waals surface area (Å²) in [5.74, 6) is 0.0484. The molecule has 2 aromatic rings. The Morgan fingerprint density at radius 1 is 1.06 bits per heavy atom. The van der Waals surface area contributed by atoms with Gasteiger partial charge < -0.3 is 15.4 Å². The van der Waals surface area contributed by atoms with Gasteiger partial charge in [-0.25, -0.2) is 0 Å². The quantitative estimate of drug-likeness (QED) is 0.742. The predicted molar refractivity (Wildman–Crippen MR) is 124 cm³/mol. The van der Waals surface area contributed by atoms with Crippen molar-refractivity contribution in [3.63, 3.8) is 0 Å². The highest BCUT2D eigenvalue weighted by molar-refractivity contribution is 5.97. The highest BCUT2D eigenvalue weighted by Gasteiger charge is 2.71. The minimum absolute atomic E-state index is 0.0176. The van der Waals surface area contributed by atoms with E-state index in [0.717, 1.165) is 44.6 Å². The number of rotatable bonds is 5. The highest BCUT2D eigenvalue weighted by atomic mass is 16.5. The number of nitrogens with one attached hydrogen (secondary N) is 2. The first-order valence-electron chi connectivity index (χ1n) is 12.2. The molecule has 4 heterocycles. The van der Waals surface area contributed by atoms with Gasteiger partial charge in [-0.1, -0.05) is 60.7 Å². The SMILES string of the molecule is O=C1N[C@@]2(C(=O)NCc3ccccc3)[C@H]3C[C@@H]1[C@@H](c1ccccc1)[C@@H]2N(C1CCOCC1)C3. The van der Waals surface area contributed by atoms with Crippen LogP contribution in [-0.2, 0) is 20.9 Å². The zero-order valence-corrected chi connectivity index (χ0v) is 18.8. The van der Waals surface area contributed by atoms with Gasteiger partial charge in [0, 0.05) is 50.1 Å². The number of nitrogens with zero attached hydrogens (tertiary/aromatic N) is 1. The molecule has 4 saturated heterocycles. The first-order valence-corrected chi connectivity index (χ1v) is 12.2. The molecule has 1 saturated carbocycles. The Hall–Kier alpha value is -2.70. The van der Waals surface area contributed by atoms with Gasteiger partial charge in [-0.05, 0) is 30.4 Å². The number of benzene rings is 2. The Balaban J connectivity index is 1.39. The van der Waals surface area contributed by atoms with Crippen molar-refractivity contribution in [2.75, 3.05) is 19.8 Å². The van der Waals surface area contributed by atoms with E-state index in [0.29, 0.717) is 12.6 Å². The Kier molecular flexibility index (Phi) is 5.23. The Labute approximate surface area is 194 Å². The van der Waals surface area contributed by atoms with Crippen molar-refractivity contribution in [2.45, 2.75) is 49.3 Å². The third-order valence-electron chi connectivity index (χ3n) is 8.39. The van der Waals surface area contributed by atoms with E-state index in [9.17, 15) is 9.59 Å². The first-order chi connectivity index (χ1) is 16.2. The molecule has 33 heavy (non-hydrogen) atoms. The van der Waals surface area contributed by atoms with Crippen LogP contribution in [0.15, 0.2) is 60.7 Å². The fraction of sp³-hybridized carbons (Fsp3) is 0.481. The summed E-state index contributed by atoms with van der Waals surface area (Å²) in [6.07, 6.45) is 2.72. The third kappa shape index (κ3) is 3.30. The van der Waals surface area contributed by atoms with Crippen molar-refractivity contribution < 1.29 is 14.3 Å². The molecule has 0 aromatic heterocycles. The normalized spacial score (nSPS) is 33.6. The van der Waals surface area contributed by atoms with Crippen LogP contribution in [0.5, 0.6) is 0 Å². The second-order valence-electron chi connectivity index (χ2n) is 9.99. The molecule has 2 N–H and O–H groups in total. The molecule has 6 nitrogen and oxygen atoms in total. The van der Waals surface area contributed by atoms with Gasteiger partial charge >= 0.3 is 0 Å². The summed E-state index contributed by atoms with van der Waals surface area (Å²) in [5, 5.41) is 6.47. The molecule has 2 amide bonds. The van der Waals surface area contributed by atoms with E-state index < -0.39 is 5.54 Å². The van der Waals surface area contributed by atoms with Gasteiger partial charge in [-0.3, -0.25) is 14.5 Å². The first kappa shape index (κ1) is 20.9. The number of carbonyl (C=O) groups excluding carboxylic acids is 2. The van der Waals surface area contributed by atoms with Gasteiger partial charge in [0.1, 0.15) is 5.54 Å². The lowest BCUT2D eigenvalue weighted by Gasteiger charge is -2.55. The van der Waals surface area contributed by atoms with E-state index in [1.54, 1.807) is 0 Å². The zero-order valence-electron chi connectivity index (χ0n) is 18.8. The topological polar surface area (TPSA) is 70.7 Å². The van der Waals surface area contributed by atoms with Crippen molar-refractivity contribution in [3.05, 3.63) is 71.8 Å². The molecule has 172 valence electrons. The van der Waals surface area contributed by atoms with Crippen molar-refractivity contribution in [1.82, 2.24) is 15.5 Å². The molecule has 4 aliphatic heterocycles. The Morgan fingerprint density at radius 2 is 1.76 bits per heavy atom. The molecule has 2 aromatic carbocycles. The van der Waals surface area contributed by atoms with Crippen molar-refractivity contribution in [1.29, 1.82) is 0 Å². The summed E-state index contributed by atoms with van der Waals surface area (Å²) in [7, 11) is 0. The van der Waals surface area contributed by atoms with E-state index in [1.807, 2.05) is 48.5 Å². The molecule has 0 radical (unpaired) electrons. The number of likely N-dealkylation sites (tertiary alicyclic amines) is 1. The number of carbonyl (C=O) groups is 2. The number of hydrogen-bond donors (Lipinski definition) is 2. The molecular weight excluding hydrogens is 414 g/mol. The average molecular weight is 446 g/mol. The maximum absolute atomic E-state index is 14.0. The van der Waals surface area contributed by atoms with Gasteiger partial charge in [0.05, 0.1) is 6.04 Å². The molecule has 6 heteroatoms. The lowest BCUT2D eigenvalue weighted by atomic mass is 9.57. The van der Waals surface area contributed by atoms with Crippen LogP contribution >= 0.6 is 0 Å². The maximum atomic E-state index is 14.0. The summed E-state index contributed by atoms with van der Waals surface area (Å²) >= 11 is 0. The van der Waals surface area contributed by atoms with Crippen LogP contribution in [0.3, 0.4) is 0 Å². The molecule has 5 aliphatic rings. The monoisotopic (exact) mass is 445 g/mol. The van der Waals surface area contributed by atoms with E-state index in [1.165, 1.54) is 5.56 Å². The van der Waals surface area contributed by atoms with Gasteiger partial charge in [0.25, 0.3) is 0 Å². The lowest BCUT2D eigenvalue weighted by Crippen LogP contribution is -2.77. The molecule has 0 spiro atoms. The average Bonchev–Trinajstić information content (AvgIpc) is 3.09. The molecule has 7 rings (SSSR count). The van der Waals surface area contributed by atoms with Crippen molar-refractivity contribution in [3.8, 4) is 0 Å². The smallest absolute Gasteiger partial charge is 0.248 e. The minimum atomic E-state index is -0.889. The largest absolute Gasteiger partial charge is 0.381 e. The number of ether oxygens (including phenoxy) is 1. The molecule has 5 fully saturated rings. The van der Waals surface area contributed by atoms with Gasteiger partial charge in [-0.2, -0.15) is 0 Å². The summed E-state index contributed by atoms with van der Waals surface area (Å²) in [4.78, 5) is 29.8. The fourth-order valence-corrected chi connectivity index (χ4v) is 6.96. The van der Waals surface area contributed by atoms with Gasteiger partial charge in [0.15, 0.2) is 0 Å². The zero-order chi connectivity index (χ0) is 22.4. The molecule has 4 bridgehead atoms. The summed E-state index contributed by atoms with van der Waals surface area (Å²) in [5.41, 5.74) is 1.34. The van der Waals surface area contributed by atoms with E-state index in [2.05, 4.69) is 27.7 Å². The van der Waals surface area contributed by atoms with Crippen LogP contribution in [-0.4, -0.2) is 54.1 Å². The summed E-state index contributed by atoms with van der Waals surface area (Å²) in [6.45, 7) is 2.84. The second kappa shape index (κ2) is 8.26. The van der Waals surface area contributed by atoms with Crippen molar-refractivity contribution in [2.24, 2.45) is 11.8 Å². The predicted octanol–water partition coefficient (Wildman–Crippen LogP) is 2.45. The number of hydrogen-bond acceptors (Lipinski definition) is 4. The standard InChI is InChI=1S/C27H31N3O3/c31-25-22-15-20-17-30(21-11-13-33-14-12-21)24(23(22)19-9-5-2-6-10-19)27(20,29-25)26(32)28-16-18-7-3-1-4-8-18/h1-10,20-24H,11-17H2,(H,28,32)(H,29,31)/t20-,22+,23+,24-,27-/m0/s1. The van der Waals surface area contributed by atoms with Crippen LogP contribution in [0, 0.1) is 11.8 Å². The minimum Gasteiger partial charge on any atom is -0.381 e. The summed E-state index contributed by atoms with van der Waals surface area (Å²) in [6, 6.07) is 20.7. The van der Waals surface area contributed by atoms with E-state index in [4.69, 9.17) is 4.74 Å². The third-order valence-corrected chi connectivity index (χ3v) is 8.39. The molecule has 5 atom stereocenters. The Bertz CT molecular complexity index is 1020. The Morgan fingerprint density at radius 3 is 2.48 bits per heavy atom. The van der Waals surface area contributed by atoms with Crippen molar-refractivity contribution >= 4 is 11.8 Å². The fourth-order valence-electron chi connectivity index (χ4n) is 6.96. The number of fused-ring (bicyclic) bond motifs is 1. The van der Waals surface area contributed by atoms with Gasteiger partial charge in [0.2, 0.25) is 11.8 Å². The van der Waals surface area contributed by atoms with Gasteiger partial charge in [-0.15, -0.1) is 0 Å². The second-order valence-corrected chi connectivity index (χ2v) is 9.99. The van der Waals surface area contributed by atoms with Crippen LogP contribution < -0.4 is 10.6 Å².